The first kappa shape index (κ1) is 17.2. The van der Waals surface area contributed by atoms with Crippen molar-refractivity contribution in [3.05, 3.63) is 36.2 Å². The Balaban J connectivity index is 2.14. The number of aromatic nitrogens is 3. The minimum absolute atomic E-state index is 0.0167. The number of pyridine rings is 1. The zero-order chi connectivity index (χ0) is 18.0. The highest BCUT2D eigenvalue weighted by atomic mass is 16.3. The highest BCUT2D eigenvalue weighted by Gasteiger charge is 2.21. The summed E-state index contributed by atoms with van der Waals surface area (Å²) in [4.78, 5) is 19.5. The summed E-state index contributed by atoms with van der Waals surface area (Å²) in [6.07, 6.45) is 5.37. The van der Waals surface area contributed by atoms with Crippen LogP contribution < -0.4 is 0 Å². The molecule has 132 valence electrons. The van der Waals surface area contributed by atoms with E-state index in [9.17, 15) is 4.79 Å². The van der Waals surface area contributed by atoms with Crippen LogP contribution in [0.15, 0.2) is 35.1 Å². The van der Waals surface area contributed by atoms with E-state index in [1.807, 2.05) is 37.7 Å². The van der Waals surface area contributed by atoms with Gasteiger partial charge in [-0.05, 0) is 38.5 Å². The van der Waals surface area contributed by atoms with E-state index in [1.165, 1.54) is 0 Å². The number of rotatable bonds is 6. The summed E-state index contributed by atoms with van der Waals surface area (Å²) in [5.74, 6) is 0.626. The largest absolute Gasteiger partial charge is 0.463 e. The zero-order valence-electron chi connectivity index (χ0n) is 15.2. The van der Waals surface area contributed by atoms with Gasteiger partial charge >= 0.3 is 0 Å². The summed E-state index contributed by atoms with van der Waals surface area (Å²) in [5.41, 5.74) is 1.96. The van der Waals surface area contributed by atoms with Crippen molar-refractivity contribution in [2.75, 3.05) is 13.6 Å². The van der Waals surface area contributed by atoms with E-state index in [0.29, 0.717) is 22.7 Å². The van der Waals surface area contributed by atoms with Gasteiger partial charge in [-0.15, -0.1) is 0 Å². The SMILES string of the molecule is CCCCN(C)C(=O)c1cc(-c2ccco2)nc2c1cnn2C(C)C. The van der Waals surface area contributed by atoms with E-state index in [0.717, 1.165) is 24.8 Å². The molecule has 0 aliphatic rings. The number of amides is 1. The number of hydrogen-bond donors (Lipinski definition) is 0. The Morgan fingerprint density at radius 2 is 2.20 bits per heavy atom. The van der Waals surface area contributed by atoms with E-state index in [4.69, 9.17) is 9.40 Å². The fraction of sp³-hybridized carbons (Fsp3) is 0.421. The van der Waals surface area contributed by atoms with Crippen LogP contribution in [0.3, 0.4) is 0 Å². The Bertz CT molecular complexity index is 865. The molecule has 0 saturated heterocycles. The van der Waals surface area contributed by atoms with Crippen molar-refractivity contribution in [3.8, 4) is 11.5 Å². The second kappa shape index (κ2) is 7.09. The first-order valence-corrected chi connectivity index (χ1v) is 8.70. The van der Waals surface area contributed by atoms with Gasteiger partial charge in [0.15, 0.2) is 11.4 Å². The van der Waals surface area contributed by atoms with Crippen molar-refractivity contribution < 1.29 is 9.21 Å². The molecule has 6 nitrogen and oxygen atoms in total. The number of unbranched alkanes of at least 4 members (excludes halogenated alkanes) is 1. The van der Waals surface area contributed by atoms with Crippen LogP contribution in [0, 0.1) is 0 Å². The molecule has 0 spiro atoms. The number of carbonyl (C=O) groups excluding carboxylic acids is 1. The number of fused-ring (bicyclic) bond motifs is 1. The average Bonchev–Trinajstić information content (AvgIpc) is 3.27. The van der Waals surface area contributed by atoms with Crippen molar-refractivity contribution in [2.45, 2.75) is 39.7 Å². The van der Waals surface area contributed by atoms with Crippen molar-refractivity contribution in [1.82, 2.24) is 19.7 Å². The monoisotopic (exact) mass is 340 g/mol. The van der Waals surface area contributed by atoms with Crippen LogP contribution in [-0.4, -0.2) is 39.2 Å². The Hall–Kier alpha value is -2.63. The third-order valence-corrected chi connectivity index (χ3v) is 4.25. The molecule has 0 aliphatic carbocycles. The zero-order valence-corrected chi connectivity index (χ0v) is 15.2. The minimum atomic E-state index is -0.0167. The van der Waals surface area contributed by atoms with E-state index >= 15 is 0 Å². The maximum absolute atomic E-state index is 13.0. The second-order valence-corrected chi connectivity index (χ2v) is 6.53. The molecule has 0 unspecified atom stereocenters. The summed E-state index contributed by atoms with van der Waals surface area (Å²) >= 11 is 0. The molecule has 6 heteroatoms. The van der Waals surface area contributed by atoms with E-state index in [1.54, 1.807) is 23.4 Å². The quantitative estimate of drug-likeness (QED) is 0.676. The summed E-state index contributed by atoms with van der Waals surface area (Å²) < 4.78 is 7.33. The van der Waals surface area contributed by atoms with Crippen LogP contribution in [0.4, 0.5) is 0 Å². The number of carbonyl (C=O) groups is 1. The fourth-order valence-electron chi connectivity index (χ4n) is 2.83. The van der Waals surface area contributed by atoms with Crippen LogP contribution in [0.2, 0.25) is 0 Å². The summed E-state index contributed by atoms with van der Waals surface area (Å²) in [6.45, 7) is 6.93. The number of nitrogens with zero attached hydrogens (tertiary/aromatic N) is 4. The molecule has 0 bridgehead atoms. The lowest BCUT2D eigenvalue weighted by atomic mass is 10.1. The molecule has 0 aliphatic heterocycles. The summed E-state index contributed by atoms with van der Waals surface area (Å²) in [7, 11) is 1.84. The number of hydrogen-bond acceptors (Lipinski definition) is 4. The van der Waals surface area contributed by atoms with Gasteiger partial charge in [-0.3, -0.25) is 4.79 Å². The van der Waals surface area contributed by atoms with Crippen molar-refractivity contribution in [2.24, 2.45) is 0 Å². The minimum Gasteiger partial charge on any atom is -0.463 e. The Morgan fingerprint density at radius 1 is 1.40 bits per heavy atom. The highest BCUT2D eigenvalue weighted by Crippen LogP contribution is 2.27. The smallest absolute Gasteiger partial charge is 0.254 e. The Morgan fingerprint density at radius 3 is 2.84 bits per heavy atom. The Kier molecular flexibility index (Phi) is 4.88. The topological polar surface area (TPSA) is 64.2 Å². The molecule has 1 amide bonds. The van der Waals surface area contributed by atoms with Gasteiger partial charge in [0.05, 0.1) is 23.4 Å². The molecule has 0 saturated carbocycles. The highest BCUT2D eigenvalue weighted by molar-refractivity contribution is 6.06. The molecule has 0 radical (unpaired) electrons. The molecular formula is C19H24N4O2. The van der Waals surface area contributed by atoms with Gasteiger partial charge in [0.25, 0.3) is 5.91 Å². The van der Waals surface area contributed by atoms with Gasteiger partial charge in [0, 0.05) is 19.6 Å². The van der Waals surface area contributed by atoms with Crippen LogP contribution in [-0.2, 0) is 0 Å². The molecule has 3 aromatic rings. The van der Waals surface area contributed by atoms with Crippen LogP contribution in [0.25, 0.3) is 22.5 Å². The first-order valence-electron chi connectivity index (χ1n) is 8.70. The lowest BCUT2D eigenvalue weighted by Crippen LogP contribution is -2.28. The Labute approximate surface area is 147 Å². The molecule has 25 heavy (non-hydrogen) atoms. The van der Waals surface area contributed by atoms with Crippen molar-refractivity contribution in [1.29, 1.82) is 0 Å². The molecule has 0 fully saturated rings. The van der Waals surface area contributed by atoms with Gasteiger partial charge in [-0.1, -0.05) is 13.3 Å². The molecule has 3 aromatic heterocycles. The van der Waals surface area contributed by atoms with Gasteiger partial charge in [0.1, 0.15) is 5.69 Å². The third kappa shape index (κ3) is 3.29. The number of furan rings is 1. The molecular weight excluding hydrogens is 316 g/mol. The van der Waals surface area contributed by atoms with E-state index < -0.39 is 0 Å². The first-order chi connectivity index (χ1) is 12.0. The molecule has 0 aromatic carbocycles. The fourth-order valence-corrected chi connectivity index (χ4v) is 2.83. The van der Waals surface area contributed by atoms with E-state index in [-0.39, 0.29) is 11.9 Å². The normalized spacial score (nSPS) is 11.4. The summed E-state index contributed by atoms with van der Waals surface area (Å²) in [5, 5.41) is 5.21. The van der Waals surface area contributed by atoms with Crippen molar-refractivity contribution >= 4 is 16.9 Å². The lowest BCUT2D eigenvalue weighted by molar-refractivity contribution is 0.0795. The van der Waals surface area contributed by atoms with Crippen LogP contribution >= 0.6 is 0 Å². The predicted molar refractivity (Wildman–Crippen MR) is 97.5 cm³/mol. The van der Waals surface area contributed by atoms with Gasteiger partial charge in [-0.25, -0.2) is 9.67 Å². The van der Waals surface area contributed by atoms with Gasteiger partial charge in [-0.2, -0.15) is 5.10 Å². The maximum Gasteiger partial charge on any atom is 0.254 e. The summed E-state index contributed by atoms with van der Waals surface area (Å²) in [6, 6.07) is 5.62. The third-order valence-electron chi connectivity index (χ3n) is 4.25. The second-order valence-electron chi connectivity index (χ2n) is 6.53. The maximum atomic E-state index is 13.0. The molecule has 0 atom stereocenters. The molecule has 0 N–H and O–H groups in total. The predicted octanol–water partition coefficient (Wildman–Crippen LogP) is 4.14. The van der Waals surface area contributed by atoms with Crippen LogP contribution in [0.5, 0.6) is 0 Å². The van der Waals surface area contributed by atoms with Gasteiger partial charge in [0.2, 0.25) is 0 Å². The standard InChI is InChI=1S/C19H24N4O2/c1-5-6-9-22(4)19(24)14-11-16(17-8-7-10-25-17)21-18-15(14)12-20-23(18)13(2)3/h7-8,10-13H,5-6,9H2,1-4H3. The van der Waals surface area contributed by atoms with E-state index in [2.05, 4.69) is 12.0 Å². The van der Waals surface area contributed by atoms with Gasteiger partial charge < -0.3 is 9.32 Å². The van der Waals surface area contributed by atoms with Crippen molar-refractivity contribution in [3.63, 3.8) is 0 Å². The van der Waals surface area contributed by atoms with Crippen LogP contribution in [0.1, 0.15) is 50.0 Å². The lowest BCUT2D eigenvalue weighted by Gasteiger charge is -2.17. The average molecular weight is 340 g/mol. The molecule has 3 rings (SSSR count). The molecule has 3 heterocycles.